The number of nitro groups is 1. The van der Waals surface area contributed by atoms with Crippen LogP contribution in [0.15, 0.2) is 53.0 Å². The number of hydrogen-bond donors (Lipinski definition) is 2. The molecule has 0 spiro atoms. The number of nitrogens with zero attached hydrogens (tertiary/aromatic N) is 2. The Bertz CT molecular complexity index is 998. The average molecular weight is 432 g/mol. The summed E-state index contributed by atoms with van der Waals surface area (Å²) in [6, 6.07) is 13.4. The normalized spacial score (nSPS) is 12.1. The molecule has 0 radical (unpaired) electrons. The van der Waals surface area contributed by atoms with Gasteiger partial charge in [-0.1, -0.05) is 18.2 Å². The number of hydrogen-bond acceptors (Lipinski definition) is 4. The Hall–Kier alpha value is -2.71. The van der Waals surface area contributed by atoms with Crippen molar-refractivity contribution in [1.29, 1.82) is 0 Å². The Balaban J connectivity index is 1.65. The van der Waals surface area contributed by atoms with Gasteiger partial charge in [-0.3, -0.25) is 14.9 Å². The third-order valence-electron chi connectivity index (χ3n) is 4.44. The van der Waals surface area contributed by atoms with E-state index in [4.69, 9.17) is 0 Å². The van der Waals surface area contributed by atoms with Gasteiger partial charge in [0.2, 0.25) is 5.91 Å². The zero-order valence-electron chi connectivity index (χ0n) is 14.6. The highest BCUT2D eigenvalue weighted by Gasteiger charge is 2.16. The quantitative estimate of drug-likeness (QED) is 0.461. The van der Waals surface area contributed by atoms with Crippen LogP contribution < -0.4 is 5.32 Å². The fourth-order valence-corrected chi connectivity index (χ4v) is 3.49. The fourth-order valence-electron chi connectivity index (χ4n) is 2.94. The molecule has 0 bridgehead atoms. The van der Waals surface area contributed by atoms with Crippen LogP contribution in [0, 0.1) is 17.0 Å². The summed E-state index contributed by atoms with van der Waals surface area (Å²) in [5.41, 5.74) is 2.36. The van der Waals surface area contributed by atoms with Crippen LogP contribution >= 0.6 is 15.9 Å². The highest BCUT2D eigenvalue weighted by atomic mass is 79.9. The van der Waals surface area contributed by atoms with E-state index >= 15 is 0 Å². The Morgan fingerprint density at radius 3 is 2.59 bits per heavy atom. The molecule has 2 aromatic carbocycles. The van der Waals surface area contributed by atoms with Crippen LogP contribution in [0.2, 0.25) is 0 Å². The van der Waals surface area contributed by atoms with Crippen molar-refractivity contribution in [3.8, 4) is 0 Å². The Kier molecular flexibility index (Phi) is 5.57. The molecular formula is C19H18BrN3O4. The van der Waals surface area contributed by atoms with Gasteiger partial charge in [0.15, 0.2) is 0 Å². The lowest BCUT2D eigenvalue weighted by Crippen LogP contribution is -2.31. The number of aromatic nitrogens is 1. The summed E-state index contributed by atoms with van der Waals surface area (Å²) in [4.78, 5) is 22.5. The number of halogens is 1. The predicted molar refractivity (Wildman–Crippen MR) is 105 cm³/mol. The molecule has 8 heteroatoms. The Morgan fingerprint density at radius 1 is 1.26 bits per heavy atom. The van der Waals surface area contributed by atoms with Crippen molar-refractivity contribution in [2.24, 2.45) is 0 Å². The second-order valence-corrected chi connectivity index (χ2v) is 6.96. The van der Waals surface area contributed by atoms with Crippen molar-refractivity contribution in [3.63, 3.8) is 0 Å². The summed E-state index contributed by atoms with van der Waals surface area (Å²) < 4.78 is 2.87. The molecule has 140 valence electrons. The molecule has 27 heavy (non-hydrogen) atoms. The highest BCUT2D eigenvalue weighted by molar-refractivity contribution is 9.10. The van der Waals surface area contributed by atoms with E-state index in [2.05, 4.69) is 21.2 Å². The summed E-state index contributed by atoms with van der Waals surface area (Å²) in [5.74, 6) is -0.229. The first-order valence-electron chi connectivity index (χ1n) is 8.31. The molecular weight excluding hydrogens is 414 g/mol. The number of carbonyl (C=O) groups is 1. The van der Waals surface area contributed by atoms with Gasteiger partial charge in [-0.25, -0.2) is 0 Å². The molecule has 0 saturated heterocycles. The first kappa shape index (κ1) is 19.1. The van der Waals surface area contributed by atoms with Crippen LogP contribution in [0.3, 0.4) is 0 Å². The second kappa shape index (κ2) is 7.89. The molecule has 0 fully saturated rings. The van der Waals surface area contributed by atoms with Crippen molar-refractivity contribution >= 4 is 38.4 Å². The molecule has 3 rings (SSSR count). The van der Waals surface area contributed by atoms with Gasteiger partial charge in [0.05, 0.1) is 11.0 Å². The number of para-hydroxylation sites is 1. The molecule has 1 atom stereocenters. The van der Waals surface area contributed by atoms with E-state index in [1.54, 1.807) is 0 Å². The van der Waals surface area contributed by atoms with Crippen LogP contribution in [0.1, 0.15) is 17.4 Å². The zero-order valence-corrected chi connectivity index (χ0v) is 16.1. The molecule has 0 unspecified atom stereocenters. The maximum absolute atomic E-state index is 12.3. The maximum Gasteiger partial charge on any atom is 0.269 e. The van der Waals surface area contributed by atoms with Crippen molar-refractivity contribution in [2.45, 2.75) is 19.6 Å². The summed E-state index contributed by atoms with van der Waals surface area (Å²) >= 11 is 3.56. The topological polar surface area (TPSA) is 97.4 Å². The minimum absolute atomic E-state index is 0.0239. The van der Waals surface area contributed by atoms with E-state index in [0.717, 1.165) is 21.1 Å². The number of non-ortho nitro benzene ring substituents is 1. The van der Waals surface area contributed by atoms with Crippen LogP contribution in [0.4, 0.5) is 5.69 Å². The van der Waals surface area contributed by atoms with Gasteiger partial charge in [0.1, 0.15) is 6.54 Å². The number of carbonyl (C=O) groups excluding carboxylic acids is 1. The van der Waals surface area contributed by atoms with E-state index in [0.29, 0.717) is 5.56 Å². The molecule has 0 aliphatic carbocycles. The number of nitro benzene ring substituents is 1. The van der Waals surface area contributed by atoms with Gasteiger partial charge in [-0.15, -0.1) is 0 Å². The number of benzene rings is 2. The molecule has 1 amide bonds. The second-order valence-electron chi connectivity index (χ2n) is 6.17. The SMILES string of the molecule is Cc1c(Br)c2ccccc2n1CC(=O)NC[C@@H](O)c1ccc([N+](=O)[O-])cc1. The molecule has 0 saturated carbocycles. The number of aliphatic hydroxyl groups is 1. The molecule has 1 aromatic heterocycles. The summed E-state index contributed by atoms with van der Waals surface area (Å²) in [6.07, 6.45) is -0.941. The molecule has 2 N–H and O–H groups in total. The van der Waals surface area contributed by atoms with E-state index in [1.807, 2.05) is 35.8 Å². The first-order chi connectivity index (χ1) is 12.9. The van der Waals surface area contributed by atoms with Crippen molar-refractivity contribution in [3.05, 3.63) is 74.4 Å². The van der Waals surface area contributed by atoms with Crippen molar-refractivity contribution in [1.82, 2.24) is 9.88 Å². The predicted octanol–water partition coefficient (Wildman–Crippen LogP) is 3.47. The van der Waals surface area contributed by atoms with Gasteiger partial charge in [-0.05, 0) is 46.6 Å². The van der Waals surface area contributed by atoms with Gasteiger partial charge < -0.3 is 15.0 Å². The number of amides is 1. The summed E-state index contributed by atoms with van der Waals surface area (Å²) in [5, 5.41) is 24.6. The van der Waals surface area contributed by atoms with Gasteiger partial charge in [-0.2, -0.15) is 0 Å². The van der Waals surface area contributed by atoms with Gasteiger partial charge in [0, 0.05) is 39.7 Å². The molecule has 1 heterocycles. The van der Waals surface area contributed by atoms with Gasteiger partial charge in [0.25, 0.3) is 5.69 Å². The molecule has 0 aliphatic rings. The number of rotatable bonds is 6. The van der Waals surface area contributed by atoms with E-state index < -0.39 is 11.0 Å². The van der Waals surface area contributed by atoms with Crippen LogP contribution in [-0.2, 0) is 11.3 Å². The monoisotopic (exact) mass is 431 g/mol. The largest absolute Gasteiger partial charge is 0.387 e. The number of aliphatic hydroxyl groups excluding tert-OH is 1. The molecule has 0 aliphatic heterocycles. The third-order valence-corrected chi connectivity index (χ3v) is 5.44. The average Bonchev–Trinajstić information content (AvgIpc) is 2.91. The smallest absolute Gasteiger partial charge is 0.269 e. The minimum atomic E-state index is -0.941. The van der Waals surface area contributed by atoms with E-state index in [1.165, 1.54) is 24.3 Å². The summed E-state index contributed by atoms with van der Waals surface area (Å²) in [7, 11) is 0. The fraction of sp³-hybridized carbons (Fsp3) is 0.211. The third kappa shape index (κ3) is 4.01. The lowest BCUT2D eigenvalue weighted by Gasteiger charge is -2.13. The number of nitrogens with one attached hydrogen (secondary N) is 1. The lowest BCUT2D eigenvalue weighted by molar-refractivity contribution is -0.384. The Morgan fingerprint density at radius 2 is 1.93 bits per heavy atom. The van der Waals surface area contributed by atoms with Crippen molar-refractivity contribution in [2.75, 3.05) is 6.54 Å². The van der Waals surface area contributed by atoms with E-state index in [9.17, 15) is 20.0 Å². The zero-order chi connectivity index (χ0) is 19.6. The number of fused-ring (bicyclic) bond motifs is 1. The minimum Gasteiger partial charge on any atom is -0.387 e. The van der Waals surface area contributed by atoms with Gasteiger partial charge >= 0.3 is 0 Å². The van der Waals surface area contributed by atoms with Crippen LogP contribution in [0.25, 0.3) is 10.9 Å². The van der Waals surface area contributed by atoms with Crippen molar-refractivity contribution < 1.29 is 14.8 Å². The first-order valence-corrected chi connectivity index (χ1v) is 9.10. The van der Waals surface area contributed by atoms with E-state index in [-0.39, 0.29) is 24.7 Å². The lowest BCUT2D eigenvalue weighted by atomic mass is 10.1. The standard InChI is InChI=1S/C19H18BrN3O4/c1-12-19(20)15-4-2-3-5-16(15)22(12)11-18(25)21-10-17(24)13-6-8-14(9-7-13)23(26)27/h2-9,17,24H,10-11H2,1H3,(H,21,25)/t17-/m1/s1. The highest BCUT2D eigenvalue weighted by Crippen LogP contribution is 2.30. The Labute approximate surface area is 163 Å². The van der Waals surface area contributed by atoms with Crippen LogP contribution in [-0.4, -0.2) is 27.0 Å². The molecule has 3 aromatic rings. The maximum atomic E-state index is 12.3. The van der Waals surface area contributed by atoms with Crippen LogP contribution in [0.5, 0.6) is 0 Å². The molecule has 7 nitrogen and oxygen atoms in total. The summed E-state index contributed by atoms with van der Waals surface area (Å²) in [6.45, 7) is 2.09.